The van der Waals surface area contributed by atoms with E-state index in [0.717, 1.165) is 18.0 Å². The van der Waals surface area contributed by atoms with Crippen LogP contribution in [0.4, 0.5) is 4.79 Å². The van der Waals surface area contributed by atoms with Gasteiger partial charge in [-0.2, -0.15) is 0 Å². The number of nitrogens with zero attached hydrogens (tertiary/aromatic N) is 3. The van der Waals surface area contributed by atoms with Gasteiger partial charge in [0.1, 0.15) is 11.3 Å². The summed E-state index contributed by atoms with van der Waals surface area (Å²) in [6, 6.07) is 10.2. The molecule has 1 aliphatic rings. The number of imidazole rings is 1. The first kappa shape index (κ1) is 18.5. The summed E-state index contributed by atoms with van der Waals surface area (Å²) in [5.74, 6) is 0.708. The zero-order chi connectivity index (χ0) is 18.7. The number of aromatic nitrogens is 2. The number of fused-ring (bicyclic) bond motifs is 1. The molecule has 138 valence electrons. The molecule has 0 atom stereocenters. The van der Waals surface area contributed by atoms with E-state index in [1.54, 1.807) is 18.1 Å². The van der Waals surface area contributed by atoms with Crippen LogP contribution in [0, 0.1) is 0 Å². The summed E-state index contributed by atoms with van der Waals surface area (Å²) in [5, 5.41) is 0. The highest BCUT2D eigenvalue weighted by Gasteiger charge is 2.32. The van der Waals surface area contributed by atoms with Crippen LogP contribution in [-0.4, -0.2) is 44.2 Å². The average Bonchev–Trinajstić information content (AvgIpc) is 2.98. The van der Waals surface area contributed by atoms with Crippen LogP contribution in [0.5, 0.6) is 0 Å². The van der Waals surface area contributed by atoms with Gasteiger partial charge in [-0.1, -0.05) is 18.2 Å². The Kier molecular flexibility index (Phi) is 5.36. The lowest BCUT2D eigenvalue weighted by atomic mass is 10.1. The van der Waals surface area contributed by atoms with E-state index in [1.807, 2.05) is 43.5 Å². The van der Waals surface area contributed by atoms with Crippen molar-refractivity contribution in [3.05, 3.63) is 48.0 Å². The molecule has 0 saturated carbocycles. The topological polar surface area (TPSA) is 64.4 Å². The normalized spacial score (nSPS) is 14.3. The summed E-state index contributed by atoms with van der Waals surface area (Å²) < 4.78 is 7.35. The predicted octanol–water partition coefficient (Wildman–Crippen LogP) is 3.61. The van der Waals surface area contributed by atoms with Crippen molar-refractivity contribution in [2.45, 2.75) is 44.4 Å². The summed E-state index contributed by atoms with van der Waals surface area (Å²) in [6.07, 6.45) is 1.22. The Labute approximate surface area is 157 Å². The minimum atomic E-state index is -0.590. The zero-order valence-electron chi connectivity index (χ0n) is 15.3. The smallest absolute Gasteiger partial charge is 0.411 e. The highest BCUT2D eigenvalue weighted by molar-refractivity contribution is 7.99. The largest absolute Gasteiger partial charge is 0.444 e. The predicted molar refractivity (Wildman–Crippen MR) is 100 cm³/mol. The minimum absolute atomic E-state index is 0.0116. The minimum Gasteiger partial charge on any atom is -0.444 e. The summed E-state index contributed by atoms with van der Waals surface area (Å²) in [4.78, 5) is 31.6. The molecule has 26 heavy (non-hydrogen) atoms. The Hall–Kier alpha value is -2.28. The number of benzene rings is 1. The number of ether oxygens (including phenoxy) is 1. The SMILES string of the molecule is CC(C)(C)OC(=O)N1CC(=O)c2ncn(CCSc3ccccc3)c2C1. The number of carbonyl (C=O) groups excluding carboxylic acids is 2. The Morgan fingerprint density at radius 2 is 1.96 bits per heavy atom. The lowest BCUT2D eigenvalue weighted by molar-refractivity contribution is 0.0215. The molecular formula is C19H23N3O3S. The van der Waals surface area contributed by atoms with Crippen LogP contribution in [0.1, 0.15) is 37.0 Å². The fraction of sp³-hybridized carbons (Fsp3) is 0.421. The van der Waals surface area contributed by atoms with Gasteiger partial charge in [0, 0.05) is 17.2 Å². The zero-order valence-corrected chi connectivity index (χ0v) is 16.1. The summed E-state index contributed by atoms with van der Waals surface area (Å²) in [6.45, 7) is 6.51. The van der Waals surface area contributed by atoms with Crippen LogP contribution in [0.15, 0.2) is 41.6 Å². The van der Waals surface area contributed by atoms with Crippen molar-refractivity contribution in [1.82, 2.24) is 14.5 Å². The van der Waals surface area contributed by atoms with Gasteiger partial charge < -0.3 is 9.30 Å². The van der Waals surface area contributed by atoms with Gasteiger partial charge in [0.15, 0.2) is 0 Å². The number of hydrogen-bond donors (Lipinski definition) is 0. The highest BCUT2D eigenvalue weighted by atomic mass is 32.2. The van der Waals surface area contributed by atoms with Gasteiger partial charge in [-0.05, 0) is 32.9 Å². The van der Waals surface area contributed by atoms with Crippen molar-refractivity contribution in [2.75, 3.05) is 12.3 Å². The third-order valence-corrected chi connectivity index (χ3v) is 4.87. The molecule has 1 aliphatic heterocycles. The lowest BCUT2D eigenvalue weighted by Gasteiger charge is -2.29. The molecule has 2 heterocycles. The maximum Gasteiger partial charge on any atom is 0.411 e. The van der Waals surface area contributed by atoms with Crippen LogP contribution < -0.4 is 0 Å². The molecule has 1 amide bonds. The van der Waals surface area contributed by atoms with Gasteiger partial charge in [-0.15, -0.1) is 11.8 Å². The molecule has 3 rings (SSSR count). The van der Waals surface area contributed by atoms with E-state index in [4.69, 9.17) is 4.74 Å². The van der Waals surface area contributed by atoms with Gasteiger partial charge >= 0.3 is 6.09 Å². The molecule has 0 N–H and O–H groups in total. The van der Waals surface area contributed by atoms with Gasteiger partial charge in [0.25, 0.3) is 0 Å². The molecule has 0 fully saturated rings. The molecule has 0 radical (unpaired) electrons. The molecular weight excluding hydrogens is 350 g/mol. The van der Waals surface area contributed by atoms with Crippen molar-refractivity contribution >= 4 is 23.6 Å². The fourth-order valence-corrected chi connectivity index (χ4v) is 3.59. The Bertz CT molecular complexity index is 796. The summed E-state index contributed by atoms with van der Waals surface area (Å²) in [5.41, 5.74) is 0.655. The molecule has 2 aromatic rings. The number of carbonyl (C=O) groups is 2. The van der Waals surface area contributed by atoms with Gasteiger partial charge in [-0.25, -0.2) is 9.78 Å². The second-order valence-electron chi connectivity index (χ2n) is 7.15. The Morgan fingerprint density at radius 1 is 1.23 bits per heavy atom. The van der Waals surface area contributed by atoms with Crippen molar-refractivity contribution in [3.8, 4) is 0 Å². The van der Waals surface area contributed by atoms with E-state index < -0.39 is 11.7 Å². The van der Waals surface area contributed by atoms with Crippen LogP contribution in [0.2, 0.25) is 0 Å². The number of ketones is 1. The first-order chi connectivity index (χ1) is 12.3. The maximum absolute atomic E-state index is 12.3. The first-order valence-electron chi connectivity index (χ1n) is 8.56. The standard InChI is InChI=1S/C19H23N3O3S/c1-19(2,3)25-18(24)22-11-15-17(16(23)12-22)20-13-21(15)9-10-26-14-7-5-4-6-8-14/h4-8,13H,9-12H2,1-3H3. The Morgan fingerprint density at radius 3 is 2.65 bits per heavy atom. The van der Waals surface area contributed by atoms with Crippen LogP contribution in [0.25, 0.3) is 0 Å². The quantitative estimate of drug-likeness (QED) is 0.766. The van der Waals surface area contributed by atoms with Gasteiger partial charge in [0.2, 0.25) is 5.78 Å². The lowest BCUT2D eigenvalue weighted by Crippen LogP contribution is -2.43. The van der Waals surface area contributed by atoms with Crippen molar-refractivity contribution in [3.63, 3.8) is 0 Å². The van der Waals surface area contributed by atoms with E-state index in [9.17, 15) is 9.59 Å². The number of thioether (sulfide) groups is 1. The van der Waals surface area contributed by atoms with E-state index in [2.05, 4.69) is 17.1 Å². The van der Waals surface area contributed by atoms with E-state index >= 15 is 0 Å². The van der Waals surface area contributed by atoms with Gasteiger partial charge in [0.05, 0.1) is 25.1 Å². The van der Waals surface area contributed by atoms with Gasteiger partial charge in [-0.3, -0.25) is 9.69 Å². The van der Waals surface area contributed by atoms with E-state index in [-0.39, 0.29) is 12.3 Å². The number of rotatable bonds is 4. The van der Waals surface area contributed by atoms with Crippen LogP contribution >= 0.6 is 11.8 Å². The van der Waals surface area contributed by atoms with Crippen molar-refractivity contribution in [1.29, 1.82) is 0 Å². The number of amides is 1. The third-order valence-electron chi connectivity index (χ3n) is 3.88. The molecule has 1 aromatic carbocycles. The molecule has 6 nitrogen and oxygen atoms in total. The van der Waals surface area contributed by atoms with Crippen molar-refractivity contribution in [2.24, 2.45) is 0 Å². The van der Waals surface area contributed by atoms with E-state index in [1.165, 1.54) is 9.80 Å². The summed E-state index contributed by atoms with van der Waals surface area (Å²) >= 11 is 1.75. The highest BCUT2D eigenvalue weighted by Crippen LogP contribution is 2.22. The van der Waals surface area contributed by atoms with Crippen LogP contribution in [-0.2, 0) is 17.8 Å². The number of Topliss-reactive ketones (excluding diaryl/α,β-unsaturated/α-hetero) is 1. The number of hydrogen-bond acceptors (Lipinski definition) is 5. The molecule has 0 saturated heterocycles. The van der Waals surface area contributed by atoms with E-state index in [0.29, 0.717) is 12.2 Å². The average molecular weight is 373 g/mol. The molecule has 0 spiro atoms. The molecule has 7 heteroatoms. The first-order valence-corrected chi connectivity index (χ1v) is 9.55. The Balaban J connectivity index is 1.67. The molecule has 1 aromatic heterocycles. The fourth-order valence-electron chi connectivity index (χ4n) is 2.72. The number of aryl methyl sites for hydroxylation is 1. The van der Waals surface area contributed by atoms with Crippen molar-refractivity contribution < 1.29 is 14.3 Å². The molecule has 0 aliphatic carbocycles. The molecule has 0 unspecified atom stereocenters. The van der Waals surface area contributed by atoms with Crippen LogP contribution in [0.3, 0.4) is 0 Å². The molecule has 0 bridgehead atoms. The maximum atomic E-state index is 12.3. The second kappa shape index (κ2) is 7.53. The second-order valence-corrected chi connectivity index (χ2v) is 8.32. The monoisotopic (exact) mass is 373 g/mol. The third kappa shape index (κ3) is 4.46. The summed E-state index contributed by atoms with van der Waals surface area (Å²) in [7, 11) is 0.